The van der Waals surface area contributed by atoms with Crippen LogP contribution in [0.25, 0.3) is 0 Å². The number of benzene rings is 1. The fraction of sp³-hybridized carbons (Fsp3) is 0.417. The first-order chi connectivity index (χ1) is 8.86. The second kappa shape index (κ2) is 6.14. The zero-order chi connectivity index (χ0) is 14.6. The molecule has 0 heterocycles. The van der Waals surface area contributed by atoms with E-state index in [1.807, 2.05) is 0 Å². The molecule has 0 aromatic heterocycles. The van der Waals surface area contributed by atoms with Crippen LogP contribution < -0.4 is 0 Å². The first-order valence-corrected chi connectivity index (χ1v) is 7.24. The number of hydrogen-bond acceptors (Lipinski definition) is 4. The van der Waals surface area contributed by atoms with Crippen LogP contribution in [0.5, 0.6) is 0 Å². The van der Waals surface area contributed by atoms with E-state index >= 15 is 0 Å². The van der Waals surface area contributed by atoms with E-state index in [9.17, 15) is 13.2 Å². The number of sulfonamides is 1. The third-order valence-corrected chi connectivity index (χ3v) is 4.95. The van der Waals surface area contributed by atoms with Gasteiger partial charge in [-0.1, -0.05) is 13.0 Å². The Kier molecular flexibility index (Phi) is 5.04. The molecule has 0 saturated heterocycles. The Morgan fingerprint density at radius 3 is 2.47 bits per heavy atom. The Morgan fingerprint density at radius 1 is 1.37 bits per heavy atom. The Labute approximate surface area is 112 Å². The third-order valence-electron chi connectivity index (χ3n) is 2.83. The van der Waals surface area contributed by atoms with Gasteiger partial charge >= 0.3 is 5.97 Å². The largest absolute Gasteiger partial charge is 0.478 e. The molecule has 0 aliphatic rings. The van der Waals surface area contributed by atoms with E-state index in [-0.39, 0.29) is 35.7 Å². The fourth-order valence-corrected chi connectivity index (χ4v) is 3.51. The summed E-state index contributed by atoms with van der Waals surface area (Å²) < 4.78 is 25.9. The minimum atomic E-state index is -3.79. The van der Waals surface area contributed by atoms with Crippen molar-refractivity contribution >= 4 is 16.0 Å². The number of carboxylic acid groups (broad SMARTS) is 1. The summed E-state index contributed by atoms with van der Waals surface area (Å²) in [6.07, 6.45) is 0. The van der Waals surface area contributed by atoms with E-state index in [0.717, 1.165) is 4.31 Å². The summed E-state index contributed by atoms with van der Waals surface area (Å²) in [4.78, 5) is 11.0. The first-order valence-electron chi connectivity index (χ1n) is 5.80. The standard InChI is InChI=1S/C12H17NO5S/c1-3-13(7-8-14)19(17,18)11-6-4-5-10(9(11)2)12(15)16/h4-6,14H,3,7-8H2,1-2H3,(H,15,16). The van der Waals surface area contributed by atoms with Gasteiger partial charge in [-0.25, -0.2) is 13.2 Å². The van der Waals surface area contributed by atoms with Crippen molar-refractivity contribution < 1.29 is 23.4 Å². The lowest BCUT2D eigenvalue weighted by molar-refractivity contribution is 0.0695. The highest BCUT2D eigenvalue weighted by atomic mass is 32.2. The number of likely N-dealkylation sites (N-methyl/N-ethyl adjacent to an activating group) is 1. The number of aromatic carboxylic acids is 1. The van der Waals surface area contributed by atoms with Crippen molar-refractivity contribution in [2.45, 2.75) is 18.7 Å². The van der Waals surface area contributed by atoms with Gasteiger partial charge in [-0.3, -0.25) is 0 Å². The zero-order valence-electron chi connectivity index (χ0n) is 10.8. The number of nitrogens with zero attached hydrogens (tertiary/aromatic N) is 1. The molecule has 2 N–H and O–H groups in total. The highest BCUT2D eigenvalue weighted by Crippen LogP contribution is 2.22. The van der Waals surface area contributed by atoms with Gasteiger partial charge in [0, 0.05) is 13.1 Å². The lowest BCUT2D eigenvalue weighted by Gasteiger charge is -2.21. The van der Waals surface area contributed by atoms with Crippen LogP contribution in [0, 0.1) is 6.92 Å². The molecule has 0 unspecified atom stereocenters. The summed E-state index contributed by atoms with van der Waals surface area (Å²) in [5, 5.41) is 17.9. The van der Waals surface area contributed by atoms with Gasteiger partial charge in [0.25, 0.3) is 0 Å². The number of carbonyl (C=O) groups is 1. The molecule has 0 aliphatic heterocycles. The van der Waals surface area contributed by atoms with Gasteiger partial charge in [-0.15, -0.1) is 0 Å². The van der Waals surface area contributed by atoms with Gasteiger partial charge in [0.1, 0.15) is 0 Å². The van der Waals surface area contributed by atoms with Crippen molar-refractivity contribution in [1.29, 1.82) is 0 Å². The lowest BCUT2D eigenvalue weighted by Crippen LogP contribution is -2.34. The average Bonchev–Trinajstić information content (AvgIpc) is 2.35. The molecule has 0 amide bonds. The summed E-state index contributed by atoms with van der Waals surface area (Å²) in [6, 6.07) is 4.13. The summed E-state index contributed by atoms with van der Waals surface area (Å²) in [5.74, 6) is -1.17. The summed E-state index contributed by atoms with van der Waals surface area (Å²) in [7, 11) is -3.79. The first kappa shape index (κ1) is 15.6. The molecule has 1 aromatic carbocycles. The number of rotatable bonds is 6. The van der Waals surface area contributed by atoms with Crippen LogP contribution >= 0.6 is 0 Å². The maximum atomic E-state index is 12.4. The second-order valence-electron chi connectivity index (χ2n) is 3.95. The van der Waals surface area contributed by atoms with Gasteiger partial charge in [-0.2, -0.15) is 4.31 Å². The second-order valence-corrected chi connectivity index (χ2v) is 5.86. The molecule has 0 bridgehead atoms. The van der Waals surface area contributed by atoms with Gasteiger partial charge in [0.2, 0.25) is 10.0 Å². The Morgan fingerprint density at radius 2 is 2.00 bits per heavy atom. The molecule has 0 fully saturated rings. The van der Waals surface area contributed by atoms with Crippen LogP contribution in [0.2, 0.25) is 0 Å². The number of carboxylic acids is 1. The Balaban J connectivity index is 3.37. The highest BCUT2D eigenvalue weighted by molar-refractivity contribution is 7.89. The van der Waals surface area contributed by atoms with Crippen molar-refractivity contribution in [3.63, 3.8) is 0 Å². The molecular formula is C12H17NO5S. The van der Waals surface area contributed by atoms with Gasteiger partial charge in [0.05, 0.1) is 17.1 Å². The van der Waals surface area contributed by atoms with E-state index in [4.69, 9.17) is 10.2 Å². The topological polar surface area (TPSA) is 94.9 Å². The molecular weight excluding hydrogens is 270 g/mol. The van der Waals surface area contributed by atoms with Gasteiger partial charge < -0.3 is 10.2 Å². The van der Waals surface area contributed by atoms with E-state index in [1.165, 1.54) is 25.1 Å². The van der Waals surface area contributed by atoms with Crippen LogP contribution in [0.1, 0.15) is 22.8 Å². The monoisotopic (exact) mass is 287 g/mol. The molecule has 0 aliphatic carbocycles. The number of aliphatic hydroxyl groups excluding tert-OH is 1. The lowest BCUT2D eigenvalue weighted by atomic mass is 10.1. The van der Waals surface area contributed by atoms with Crippen LogP contribution in [0.4, 0.5) is 0 Å². The maximum Gasteiger partial charge on any atom is 0.335 e. The number of hydrogen-bond donors (Lipinski definition) is 2. The van der Waals surface area contributed by atoms with E-state index in [0.29, 0.717) is 0 Å². The van der Waals surface area contributed by atoms with Crippen molar-refractivity contribution in [3.8, 4) is 0 Å². The SMILES string of the molecule is CCN(CCO)S(=O)(=O)c1cccc(C(=O)O)c1C. The quantitative estimate of drug-likeness (QED) is 0.803. The van der Waals surface area contributed by atoms with Gasteiger partial charge in [0.15, 0.2) is 0 Å². The van der Waals surface area contributed by atoms with Crippen molar-refractivity contribution in [2.75, 3.05) is 19.7 Å². The smallest absolute Gasteiger partial charge is 0.335 e. The molecule has 0 saturated carbocycles. The van der Waals surface area contributed by atoms with Crippen LogP contribution in [0.3, 0.4) is 0 Å². The maximum absolute atomic E-state index is 12.4. The van der Waals surface area contributed by atoms with E-state index < -0.39 is 16.0 Å². The predicted octanol–water partition coefficient (Wildman–Crippen LogP) is 0.696. The molecule has 19 heavy (non-hydrogen) atoms. The fourth-order valence-electron chi connectivity index (χ4n) is 1.82. The molecule has 0 atom stereocenters. The van der Waals surface area contributed by atoms with Crippen LogP contribution in [0.15, 0.2) is 23.1 Å². The molecule has 1 aromatic rings. The minimum absolute atomic E-state index is 0.0183. The summed E-state index contributed by atoms with van der Waals surface area (Å²) >= 11 is 0. The van der Waals surface area contributed by atoms with Crippen molar-refractivity contribution in [3.05, 3.63) is 29.3 Å². The Bertz CT molecular complexity index is 567. The highest BCUT2D eigenvalue weighted by Gasteiger charge is 2.26. The van der Waals surface area contributed by atoms with E-state index in [1.54, 1.807) is 6.92 Å². The van der Waals surface area contributed by atoms with E-state index in [2.05, 4.69) is 0 Å². The average molecular weight is 287 g/mol. The molecule has 6 nitrogen and oxygen atoms in total. The van der Waals surface area contributed by atoms with Crippen molar-refractivity contribution in [1.82, 2.24) is 4.31 Å². The molecule has 0 radical (unpaired) electrons. The molecule has 1 rings (SSSR count). The molecule has 106 valence electrons. The van der Waals surface area contributed by atoms with Crippen LogP contribution in [-0.4, -0.2) is 48.6 Å². The summed E-state index contributed by atoms with van der Waals surface area (Å²) in [5.41, 5.74) is 0.160. The summed E-state index contributed by atoms with van der Waals surface area (Å²) in [6.45, 7) is 3.02. The zero-order valence-corrected chi connectivity index (χ0v) is 11.6. The minimum Gasteiger partial charge on any atom is -0.478 e. The van der Waals surface area contributed by atoms with Crippen LogP contribution in [-0.2, 0) is 10.0 Å². The Hall–Kier alpha value is -1.44. The molecule has 0 spiro atoms. The van der Waals surface area contributed by atoms with Crippen molar-refractivity contribution in [2.24, 2.45) is 0 Å². The predicted molar refractivity (Wildman–Crippen MR) is 69.7 cm³/mol. The normalized spacial score (nSPS) is 11.8. The third kappa shape index (κ3) is 3.12. The molecule has 7 heteroatoms. The number of aliphatic hydroxyl groups is 1. The van der Waals surface area contributed by atoms with Gasteiger partial charge in [-0.05, 0) is 24.6 Å².